The van der Waals surface area contributed by atoms with Crippen LogP contribution in [0.15, 0.2) is 36.7 Å². The summed E-state index contributed by atoms with van der Waals surface area (Å²) in [6.45, 7) is 0. The third kappa shape index (κ3) is 2.32. The van der Waals surface area contributed by atoms with Crippen molar-refractivity contribution in [2.75, 3.05) is 0 Å². The molecule has 1 saturated carbocycles. The standard InChI is InChI=1S/C15H17NO/c17-15(8-7-11-5-6-11)14-10-16-9-12-3-1-2-4-13(12)14/h1-4,9-11,15,17H,5-8H2. The Labute approximate surface area is 101 Å². The first-order valence-corrected chi connectivity index (χ1v) is 6.35. The Morgan fingerprint density at radius 2 is 2.06 bits per heavy atom. The van der Waals surface area contributed by atoms with Crippen LogP contribution in [0.2, 0.25) is 0 Å². The molecule has 1 aliphatic rings. The van der Waals surface area contributed by atoms with E-state index < -0.39 is 0 Å². The number of hydrogen-bond donors (Lipinski definition) is 1. The molecule has 1 fully saturated rings. The van der Waals surface area contributed by atoms with E-state index in [9.17, 15) is 5.11 Å². The number of aliphatic hydroxyl groups excluding tert-OH is 1. The molecule has 17 heavy (non-hydrogen) atoms. The minimum absolute atomic E-state index is 0.366. The molecule has 0 aliphatic heterocycles. The molecule has 0 saturated heterocycles. The molecule has 1 heterocycles. The number of aromatic nitrogens is 1. The Kier molecular flexibility index (Phi) is 2.81. The second kappa shape index (κ2) is 4.46. The topological polar surface area (TPSA) is 33.1 Å². The molecule has 1 unspecified atom stereocenters. The van der Waals surface area contributed by atoms with E-state index in [1.807, 2.05) is 24.4 Å². The zero-order chi connectivity index (χ0) is 11.7. The molecule has 1 atom stereocenters. The van der Waals surface area contributed by atoms with Gasteiger partial charge in [-0.2, -0.15) is 0 Å². The van der Waals surface area contributed by atoms with E-state index in [2.05, 4.69) is 11.1 Å². The highest BCUT2D eigenvalue weighted by molar-refractivity contribution is 5.84. The van der Waals surface area contributed by atoms with Crippen molar-refractivity contribution >= 4 is 10.8 Å². The molecular weight excluding hydrogens is 210 g/mol. The molecule has 1 aromatic heterocycles. The number of benzene rings is 1. The van der Waals surface area contributed by atoms with E-state index in [1.54, 1.807) is 6.20 Å². The van der Waals surface area contributed by atoms with Gasteiger partial charge in [-0.3, -0.25) is 4.98 Å². The smallest absolute Gasteiger partial charge is 0.0811 e. The van der Waals surface area contributed by atoms with Gasteiger partial charge in [-0.05, 0) is 24.1 Å². The van der Waals surface area contributed by atoms with Gasteiger partial charge in [0.15, 0.2) is 0 Å². The number of aliphatic hydroxyl groups is 1. The fraction of sp³-hybridized carbons (Fsp3) is 0.400. The molecule has 1 aliphatic carbocycles. The Morgan fingerprint density at radius 3 is 2.88 bits per heavy atom. The van der Waals surface area contributed by atoms with Gasteiger partial charge in [-0.1, -0.05) is 37.1 Å². The van der Waals surface area contributed by atoms with Crippen LogP contribution in [0.3, 0.4) is 0 Å². The molecule has 2 nitrogen and oxygen atoms in total. The maximum atomic E-state index is 10.3. The highest BCUT2D eigenvalue weighted by Gasteiger charge is 2.22. The summed E-state index contributed by atoms with van der Waals surface area (Å²) in [7, 11) is 0. The van der Waals surface area contributed by atoms with Crippen molar-refractivity contribution < 1.29 is 5.11 Å². The number of hydrogen-bond acceptors (Lipinski definition) is 2. The number of nitrogens with zero attached hydrogens (tertiary/aromatic N) is 1. The van der Waals surface area contributed by atoms with Crippen LogP contribution in [0.1, 0.15) is 37.4 Å². The number of fused-ring (bicyclic) bond motifs is 1. The van der Waals surface area contributed by atoms with Gasteiger partial charge in [-0.15, -0.1) is 0 Å². The van der Waals surface area contributed by atoms with Gasteiger partial charge in [0, 0.05) is 23.3 Å². The molecule has 3 rings (SSSR count). The largest absolute Gasteiger partial charge is 0.388 e. The van der Waals surface area contributed by atoms with Crippen molar-refractivity contribution in [2.24, 2.45) is 5.92 Å². The van der Waals surface area contributed by atoms with Gasteiger partial charge in [0.05, 0.1) is 6.10 Å². The second-order valence-electron chi connectivity index (χ2n) is 4.99. The van der Waals surface area contributed by atoms with Gasteiger partial charge in [-0.25, -0.2) is 0 Å². The molecule has 1 aromatic carbocycles. The van der Waals surface area contributed by atoms with Gasteiger partial charge in [0.2, 0.25) is 0 Å². The van der Waals surface area contributed by atoms with E-state index in [-0.39, 0.29) is 6.10 Å². The third-order valence-electron chi connectivity index (χ3n) is 3.60. The Hall–Kier alpha value is -1.41. The van der Waals surface area contributed by atoms with E-state index in [1.165, 1.54) is 12.8 Å². The van der Waals surface area contributed by atoms with Crippen molar-refractivity contribution in [3.8, 4) is 0 Å². The van der Waals surface area contributed by atoms with Gasteiger partial charge in [0.25, 0.3) is 0 Å². The van der Waals surface area contributed by atoms with E-state index in [4.69, 9.17) is 0 Å². The SMILES string of the molecule is OC(CCC1CC1)c1cncc2ccccc12. The quantitative estimate of drug-likeness (QED) is 0.867. The molecule has 0 spiro atoms. The lowest BCUT2D eigenvalue weighted by Gasteiger charge is -2.12. The molecule has 0 amide bonds. The van der Waals surface area contributed by atoms with Crippen LogP contribution in [0, 0.1) is 5.92 Å². The monoisotopic (exact) mass is 227 g/mol. The van der Waals surface area contributed by atoms with Crippen LogP contribution in [0.5, 0.6) is 0 Å². The van der Waals surface area contributed by atoms with Gasteiger partial charge < -0.3 is 5.11 Å². The molecule has 88 valence electrons. The summed E-state index contributed by atoms with van der Waals surface area (Å²) < 4.78 is 0. The maximum absolute atomic E-state index is 10.3. The summed E-state index contributed by atoms with van der Waals surface area (Å²) in [6.07, 6.45) is 7.99. The normalized spacial score (nSPS) is 17.2. The average molecular weight is 227 g/mol. The summed E-state index contributed by atoms with van der Waals surface area (Å²) in [5.74, 6) is 0.868. The summed E-state index contributed by atoms with van der Waals surface area (Å²) in [4.78, 5) is 4.22. The lowest BCUT2D eigenvalue weighted by molar-refractivity contribution is 0.163. The van der Waals surface area contributed by atoms with Gasteiger partial charge >= 0.3 is 0 Å². The van der Waals surface area contributed by atoms with Crippen LogP contribution >= 0.6 is 0 Å². The second-order valence-corrected chi connectivity index (χ2v) is 4.99. The van der Waals surface area contributed by atoms with Crippen LogP contribution in [0.25, 0.3) is 10.8 Å². The first-order valence-electron chi connectivity index (χ1n) is 6.35. The Balaban J connectivity index is 1.87. The average Bonchev–Trinajstić information content (AvgIpc) is 3.19. The van der Waals surface area contributed by atoms with E-state index >= 15 is 0 Å². The Bertz CT molecular complexity index is 514. The molecule has 1 N–H and O–H groups in total. The fourth-order valence-corrected chi connectivity index (χ4v) is 2.36. The first-order chi connectivity index (χ1) is 8.34. The van der Waals surface area contributed by atoms with Crippen molar-refractivity contribution in [3.05, 3.63) is 42.2 Å². The molecule has 0 radical (unpaired) electrons. The minimum atomic E-state index is -0.366. The first kappa shape index (κ1) is 10.7. The molecular formula is C15H17NO. The summed E-state index contributed by atoms with van der Waals surface area (Å²) >= 11 is 0. The number of rotatable bonds is 4. The summed E-state index contributed by atoms with van der Waals surface area (Å²) in [6, 6.07) is 8.12. The van der Waals surface area contributed by atoms with Crippen LogP contribution < -0.4 is 0 Å². The zero-order valence-corrected chi connectivity index (χ0v) is 9.84. The minimum Gasteiger partial charge on any atom is -0.388 e. The fourth-order valence-electron chi connectivity index (χ4n) is 2.36. The summed E-state index contributed by atoms with van der Waals surface area (Å²) in [5, 5.41) is 12.5. The number of pyridine rings is 1. The van der Waals surface area contributed by atoms with Crippen LogP contribution in [0.4, 0.5) is 0 Å². The summed E-state index contributed by atoms with van der Waals surface area (Å²) in [5.41, 5.74) is 0.976. The van der Waals surface area contributed by atoms with Crippen molar-refractivity contribution in [3.63, 3.8) is 0 Å². The molecule has 2 heteroatoms. The lowest BCUT2D eigenvalue weighted by Crippen LogP contribution is -1.99. The highest BCUT2D eigenvalue weighted by atomic mass is 16.3. The molecule has 2 aromatic rings. The maximum Gasteiger partial charge on any atom is 0.0811 e. The van der Waals surface area contributed by atoms with Crippen molar-refractivity contribution in [1.29, 1.82) is 0 Å². The van der Waals surface area contributed by atoms with Gasteiger partial charge in [0.1, 0.15) is 0 Å². The van der Waals surface area contributed by atoms with Crippen LogP contribution in [-0.4, -0.2) is 10.1 Å². The lowest BCUT2D eigenvalue weighted by atomic mass is 9.99. The third-order valence-corrected chi connectivity index (χ3v) is 3.60. The van der Waals surface area contributed by atoms with Crippen molar-refractivity contribution in [2.45, 2.75) is 31.8 Å². The van der Waals surface area contributed by atoms with E-state index in [0.29, 0.717) is 0 Å². The predicted molar refractivity (Wildman–Crippen MR) is 68.7 cm³/mol. The predicted octanol–water partition coefficient (Wildman–Crippen LogP) is 3.46. The van der Waals surface area contributed by atoms with E-state index in [0.717, 1.165) is 35.1 Å². The zero-order valence-electron chi connectivity index (χ0n) is 9.84. The highest BCUT2D eigenvalue weighted by Crippen LogP contribution is 2.36. The van der Waals surface area contributed by atoms with Crippen LogP contribution in [-0.2, 0) is 0 Å². The van der Waals surface area contributed by atoms with Crippen molar-refractivity contribution in [1.82, 2.24) is 4.98 Å². The molecule has 0 bridgehead atoms. The Morgan fingerprint density at radius 1 is 1.24 bits per heavy atom.